The molecular weight excluding hydrogens is 268 g/mol. The lowest BCUT2D eigenvalue weighted by Crippen LogP contribution is -2.03. The van der Waals surface area contributed by atoms with Gasteiger partial charge >= 0.3 is 0 Å². The van der Waals surface area contributed by atoms with E-state index in [1.807, 2.05) is 22.9 Å². The maximum absolute atomic E-state index is 10.9. The van der Waals surface area contributed by atoms with Crippen LogP contribution in [0.5, 0.6) is 0 Å². The summed E-state index contributed by atoms with van der Waals surface area (Å²) in [6, 6.07) is 0. The fourth-order valence-corrected chi connectivity index (χ4v) is 5.23. The second kappa shape index (κ2) is 12.7. The van der Waals surface area contributed by atoms with Gasteiger partial charge in [0.1, 0.15) is 10.9 Å². The summed E-state index contributed by atoms with van der Waals surface area (Å²) in [7, 11) is 3.50. The van der Waals surface area contributed by atoms with Gasteiger partial charge in [0.15, 0.2) is 0 Å². The summed E-state index contributed by atoms with van der Waals surface area (Å²) in [6.07, 6.45) is 9.54. The monoisotopic (exact) mass is 290 g/mol. The average Bonchev–Trinajstić information content (AvgIpc) is 2.35. The van der Waals surface area contributed by atoms with Crippen LogP contribution in [0.4, 0.5) is 0 Å². The molecule has 0 bridgehead atoms. The van der Waals surface area contributed by atoms with Crippen LogP contribution in [0.3, 0.4) is 0 Å². The van der Waals surface area contributed by atoms with E-state index in [-0.39, 0.29) is 4.58 Å². The molecule has 0 aliphatic carbocycles. The van der Waals surface area contributed by atoms with E-state index >= 15 is 0 Å². The van der Waals surface area contributed by atoms with Crippen molar-refractivity contribution in [2.45, 2.75) is 42.4 Å². The number of rotatable bonds is 12. The van der Waals surface area contributed by atoms with Crippen molar-refractivity contribution in [1.82, 2.24) is 0 Å². The summed E-state index contributed by atoms with van der Waals surface area (Å²) < 4.78 is 0.0203. The molecule has 0 aliphatic heterocycles. The quantitative estimate of drug-likeness (QED) is 0.219. The summed E-state index contributed by atoms with van der Waals surface area (Å²) in [4.78, 5) is 10.9. The Kier molecular flexibility index (Phi) is 12.8. The van der Waals surface area contributed by atoms with Crippen molar-refractivity contribution < 1.29 is 4.79 Å². The predicted octanol–water partition coefficient (Wildman–Crippen LogP) is 4.95. The molecule has 0 aromatic carbocycles. The Bertz CT molecular complexity index is 219. The summed E-state index contributed by atoms with van der Waals surface area (Å²) >= 11 is 1.64. The number of allylic oxidation sites excluding steroid dienone is 1. The summed E-state index contributed by atoms with van der Waals surface area (Å²) in [6.45, 7) is 9.67. The molecule has 0 fully saturated rings. The van der Waals surface area contributed by atoms with E-state index in [0.717, 1.165) is 18.5 Å². The van der Waals surface area contributed by atoms with Crippen LogP contribution in [0.1, 0.15) is 32.6 Å². The lowest BCUT2D eigenvalue weighted by atomic mass is 10.1. The van der Waals surface area contributed by atoms with Crippen LogP contribution >= 0.6 is 33.3 Å². The minimum atomic E-state index is 0.0203. The fourth-order valence-electron chi connectivity index (χ4n) is 1.21. The molecule has 0 rings (SSSR count). The van der Waals surface area contributed by atoms with Crippen LogP contribution in [-0.4, -0.2) is 21.9 Å². The molecule has 0 aromatic rings. The molecule has 2 unspecified atom stereocenters. The number of hydrogen-bond donors (Lipinski definition) is 0. The Morgan fingerprint density at radius 1 is 1.24 bits per heavy atom. The van der Waals surface area contributed by atoms with Crippen LogP contribution in [-0.2, 0) is 4.79 Å². The van der Waals surface area contributed by atoms with E-state index in [1.54, 1.807) is 22.6 Å². The third-order valence-corrected chi connectivity index (χ3v) is 6.90. The molecule has 0 heterocycles. The molecule has 1 nitrogen and oxygen atoms in total. The summed E-state index contributed by atoms with van der Waals surface area (Å²) in [5.41, 5.74) is 0. The van der Waals surface area contributed by atoms with Crippen LogP contribution in [0.25, 0.3) is 0 Å². The van der Waals surface area contributed by atoms with Crippen LogP contribution in [0.2, 0.25) is 0 Å². The molecule has 0 aromatic heterocycles. The number of unbranched alkanes of at least 4 members (excludes halogenated alkanes) is 1. The van der Waals surface area contributed by atoms with Gasteiger partial charge in [-0.3, -0.25) is 0 Å². The highest BCUT2D eigenvalue weighted by molar-refractivity contribution is 8.78. The van der Waals surface area contributed by atoms with E-state index < -0.39 is 0 Å². The van der Waals surface area contributed by atoms with Crippen molar-refractivity contribution in [3.63, 3.8) is 0 Å². The van der Waals surface area contributed by atoms with Crippen molar-refractivity contribution in [2.24, 2.45) is 0 Å². The Balaban J connectivity index is 3.92. The highest BCUT2D eigenvalue weighted by Gasteiger charge is 2.13. The number of aldehydes is 1. The average molecular weight is 291 g/mol. The molecule has 0 amide bonds. The van der Waals surface area contributed by atoms with E-state index in [1.165, 1.54) is 19.3 Å². The Morgan fingerprint density at radius 2 is 2.00 bits per heavy atom. The highest BCUT2D eigenvalue weighted by Crippen LogP contribution is 2.38. The first-order chi connectivity index (χ1) is 8.28. The van der Waals surface area contributed by atoms with Gasteiger partial charge in [-0.15, -0.1) is 24.9 Å². The van der Waals surface area contributed by atoms with Gasteiger partial charge in [0.25, 0.3) is 0 Å². The number of carbonyl (C=O) groups is 1. The molecule has 2 atom stereocenters. The molecule has 4 heteroatoms. The van der Waals surface area contributed by atoms with Gasteiger partial charge in [-0.25, -0.2) is 0 Å². The SMILES string of the molecule is C=CCSC(C=O)SSC(CC=C)CCCC. The number of hydrogen-bond acceptors (Lipinski definition) is 4. The van der Waals surface area contributed by atoms with Crippen LogP contribution in [0.15, 0.2) is 25.3 Å². The molecule has 0 radical (unpaired) electrons. The predicted molar refractivity (Wildman–Crippen MR) is 85.8 cm³/mol. The van der Waals surface area contributed by atoms with Crippen molar-refractivity contribution in [1.29, 1.82) is 0 Å². The molecule has 0 spiro atoms. The first kappa shape index (κ1) is 17.2. The molecular formula is C13H22OS3. The van der Waals surface area contributed by atoms with E-state index in [2.05, 4.69) is 20.1 Å². The maximum Gasteiger partial charge on any atom is 0.143 e. The smallest absolute Gasteiger partial charge is 0.143 e. The normalized spacial score (nSPS) is 13.9. The van der Waals surface area contributed by atoms with Crippen LogP contribution < -0.4 is 0 Å². The molecule has 0 saturated heterocycles. The van der Waals surface area contributed by atoms with Gasteiger partial charge in [-0.05, 0) is 12.8 Å². The van der Waals surface area contributed by atoms with Crippen LogP contribution in [0, 0.1) is 0 Å². The molecule has 0 saturated carbocycles. The second-order valence-corrected chi connectivity index (χ2v) is 7.79. The number of thioether (sulfide) groups is 1. The minimum Gasteiger partial charge on any atom is -0.301 e. The Hall–Kier alpha value is 0.200. The zero-order valence-electron chi connectivity index (χ0n) is 10.5. The van der Waals surface area contributed by atoms with Crippen molar-refractivity contribution in [2.75, 3.05) is 5.75 Å². The summed E-state index contributed by atoms with van der Waals surface area (Å²) in [5, 5.41) is 0.587. The van der Waals surface area contributed by atoms with E-state index in [9.17, 15) is 4.79 Å². The van der Waals surface area contributed by atoms with E-state index in [0.29, 0.717) is 5.25 Å². The minimum absolute atomic E-state index is 0.0203. The first-order valence-corrected chi connectivity index (χ1v) is 9.21. The van der Waals surface area contributed by atoms with Crippen molar-refractivity contribution >= 4 is 39.6 Å². The standard InChI is InChI=1S/C13H22OS3/c1-4-7-9-12(8-5-2)16-17-13(11-14)15-10-6-3/h5-6,11-13H,2-4,7-10H2,1H3. The van der Waals surface area contributed by atoms with E-state index in [4.69, 9.17) is 0 Å². The van der Waals surface area contributed by atoms with Gasteiger partial charge in [-0.1, -0.05) is 53.5 Å². The van der Waals surface area contributed by atoms with Gasteiger partial charge in [0.2, 0.25) is 0 Å². The molecule has 98 valence electrons. The Labute approximate surface area is 118 Å². The molecule has 0 aliphatic rings. The zero-order valence-corrected chi connectivity index (χ0v) is 12.9. The van der Waals surface area contributed by atoms with Gasteiger partial charge in [0.05, 0.1) is 0 Å². The summed E-state index contributed by atoms with van der Waals surface area (Å²) in [5.74, 6) is 0.831. The highest BCUT2D eigenvalue weighted by atomic mass is 33.1. The third kappa shape index (κ3) is 9.86. The lowest BCUT2D eigenvalue weighted by molar-refractivity contribution is -0.106. The van der Waals surface area contributed by atoms with Crippen molar-refractivity contribution in [3.05, 3.63) is 25.3 Å². The largest absolute Gasteiger partial charge is 0.301 e. The second-order valence-electron chi connectivity index (χ2n) is 3.61. The fraction of sp³-hybridized carbons (Fsp3) is 0.615. The number of carbonyl (C=O) groups excluding carboxylic acids is 1. The third-order valence-electron chi connectivity index (χ3n) is 2.09. The van der Waals surface area contributed by atoms with Crippen molar-refractivity contribution in [3.8, 4) is 0 Å². The van der Waals surface area contributed by atoms with Gasteiger partial charge in [-0.2, -0.15) is 0 Å². The van der Waals surface area contributed by atoms with Gasteiger partial charge < -0.3 is 4.79 Å². The Morgan fingerprint density at radius 3 is 2.53 bits per heavy atom. The molecule has 17 heavy (non-hydrogen) atoms. The maximum atomic E-state index is 10.9. The first-order valence-electron chi connectivity index (χ1n) is 5.89. The topological polar surface area (TPSA) is 17.1 Å². The lowest BCUT2D eigenvalue weighted by Gasteiger charge is -2.15. The van der Waals surface area contributed by atoms with Gasteiger partial charge in [0, 0.05) is 11.0 Å². The molecule has 0 N–H and O–H groups in total. The zero-order chi connectivity index (χ0) is 12.9.